The van der Waals surface area contributed by atoms with Gasteiger partial charge in [-0.3, -0.25) is 4.79 Å². The summed E-state index contributed by atoms with van der Waals surface area (Å²) < 4.78 is 39.0. The van der Waals surface area contributed by atoms with Crippen LogP contribution in [0.15, 0.2) is 22.7 Å². The van der Waals surface area contributed by atoms with Crippen molar-refractivity contribution in [2.24, 2.45) is 0 Å². The third-order valence-corrected chi connectivity index (χ3v) is 4.71. The molecule has 0 saturated carbocycles. The highest BCUT2D eigenvalue weighted by Crippen LogP contribution is 2.43. The molecule has 1 amide bonds. The lowest BCUT2D eigenvalue weighted by atomic mass is 9.88. The molecule has 1 heterocycles. The number of alkyl halides is 3. The first-order chi connectivity index (χ1) is 9.38. The number of hydrogen-bond donors (Lipinski definition) is 0. The van der Waals surface area contributed by atoms with Gasteiger partial charge in [0.15, 0.2) is 0 Å². The fourth-order valence-electron chi connectivity index (χ4n) is 3.43. The standard InChI is InChI=1S/C14H13BrF3NO/c15-9-3-4-10-8(6-9)7-12-11(10)2-1-5-19(12)13(20)14(16,17)18/h3-4,6,11-12H,1-2,5,7H2/t11-,12+/m0/s1. The van der Waals surface area contributed by atoms with Crippen molar-refractivity contribution >= 4 is 21.8 Å². The van der Waals surface area contributed by atoms with Gasteiger partial charge in [-0.1, -0.05) is 22.0 Å². The van der Waals surface area contributed by atoms with Gasteiger partial charge in [-0.2, -0.15) is 13.2 Å². The largest absolute Gasteiger partial charge is 0.471 e. The second kappa shape index (κ2) is 4.76. The molecule has 2 aliphatic rings. The number of carbonyl (C=O) groups is 1. The summed E-state index contributed by atoms with van der Waals surface area (Å²) in [6, 6.07) is 5.48. The summed E-state index contributed by atoms with van der Waals surface area (Å²) in [5.74, 6) is -1.66. The lowest BCUT2D eigenvalue weighted by Gasteiger charge is -2.38. The van der Waals surface area contributed by atoms with E-state index in [9.17, 15) is 18.0 Å². The molecule has 1 saturated heterocycles. The topological polar surface area (TPSA) is 20.3 Å². The normalized spacial score (nSPS) is 25.3. The van der Waals surface area contributed by atoms with Crippen molar-refractivity contribution in [3.63, 3.8) is 0 Å². The molecule has 20 heavy (non-hydrogen) atoms. The minimum atomic E-state index is -4.78. The molecule has 0 N–H and O–H groups in total. The third-order valence-electron chi connectivity index (χ3n) is 4.22. The Bertz CT molecular complexity index is 558. The molecule has 1 aromatic rings. The van der Waals surface area contributed by atoms with Gasteiger partial charge in [-0.05, 0) is 42.5 Å². The van der Waals surface area contributed by atoms with Crippen LogP contribution in [0.25, 0.3) is 0 Å². The van der Waals surface area contributed by atoms with Gasteiger partial charge in [-0.25, -0.2) is 0 Å². The number of amides is 1. The summed E-state index contributed by atoms with van der Waals surface area (Å²) in [4.78, 5) is 12.6. The Labute approximate surface area is 123 Å². The molecule has 3 rings (SSSR count). The van der Waals surface area contributed by atoms with Crippen molar-refractivity contribution in [1.29, 1.82) is 0 Å². The number of nitrogens with zero attached hydrogens (tertiary/aromatic N) is 1. The number of rotatable bonds is 0. The molecule has 108 valence electrons. The molecule has 0 radical (unpaired) electrons. The number of carbonyl (C=O) groups excluding carboxylic acids is 1. The Balaban J connectivity index is 1.92. The van der Waals surface area contributed by atoms with E-state index in [1.165, 1.54) is 0 Å². The third kappa shape index (κ3) is 2.24. The van der Waals surface area contributed by atoms with E-state index in [4.69, 9.17) is 0 Å². The van der Waals surface area contributed by atoms with Crippen LogP contribution in [0, 0.1) is 0 Å². The Morgan fingerprint density at radius 1 is 1.35 bits per heavy atom. The van der Waals surface area contributed by atoms with E-state index >= 15 is 0 Å². The molecule has 1 aliphatic carbocycles. The van der Waals surface area contributed by atoms with Gasteiger partial charge in [0.25, 0.3) is 0 Å². The van der Waals surface area contributed by atoms with Gasteiger partial charge in [0.2, 0.25) is 0 Å². The van der Waals surface area contributed by atoms with E-state index in [-0.39, 0.29) is 18.5 Å². The van der Waals surface area contributed by atoms with Crippen molar-refractivity contribution in [3.05, 3.63) is 33.8 Å². The maximum Gasteiger partial charge on any atom is 0.471 e. The summed E-state index contributed by atoms with van der Waals surface area (Å²) in [6.45, 7) is 0.203. The fraction of sp³-hybridized carbons (Fsp3) is 0.500. The van der Waals surface area contributed by atoms with E-state index in [0.29, 0.717) is 12.8 Å². The molecule has 0 unspecified atom stereocenters. The smallest absolute Gasteiger partial charge is 0.331 e. The summed E-state index contributed by atoms with van der Waals surface area (Å²) in [6.07, 6.45) is -2.79. The SMILES string of the molecule is O=C(N1CCC[C@H]2c3ccc(Br)cc3C[C@H]21)C(F)(F)F. The first-order valence-corrected chi connectivity index (χ1v) is 7.33. The van der Waals surface area contributed by atoms with E-state index in [0.717, 1.165) is 26.9 Å². The van der Waals surface area contributed by atoms with Crippen molar-refractivity contribution in [3.8, 4) is 0 Å². The van der Waals surface area contributed by atoms with Crippen LogP contribution < -0.4 is 0 Å². The predicted molar refractivity (Wildman–Crippen MR) is 71.4 cm³/mol. The molecule has 0 aromatic heterocycles. The highest BCUT2D eigenvalue weighted by molar-refractivity contribution is 9.10. The van der Waals surface area contributed by atoms with Crippen LogP contribution in [0.3, 0.4) is 0 Å². The van der Waals surface area contributed by atoms with E-state index in [2.05, 4.69) is 15.9 Å². The van der Waals surface area contributed by atoms with Crippen LogP contribution in [0.2, 0.25) is 0 Å². The molecule has 0 bridgehead atoms. The van der Waals surface area contributed by atoms with E-state index in [1.807, 2.05) is 18.2 Å². The number of piperidine rings is 1. The monoisotopic (exact) mass is 347 g/mol. The van der Waals surface area contributed by atoms with Gasteiger partial charge < -0.3 is 4.90 Å². The predicted octanol–water partition coefficient (Wildman–Crippen LogP) is 3.64. The number of fused-ring (bicyclic) bond motifs is 3. The highest BCUT2D eigenvalue weighted by atomic mass is 79.9. The molecule has 1 aromatic carbocycles. The zero-order valence-electron chi connectivity index (χ0n) is 10.6. The lowest BCUT2D eigenvalue weighted by Crippen LogP contribution is -2.51. The molecule has 0 spiro atoms. The average Bonchev–Trinajstić information content (AvgIpc) is 2.73. The van der Waals surface area contributed by atoms with Crippen LogP contribution in [-0.4, -0.2) is 29.6 Å². The zero-order valence-corrected chi connectivity index (χ0v) is 12.2. The maximum atomic E-state index is 12.7. The second-order valence-corrected chi connectivity index (χ2v) is 6.28. The van der Waals surface area contributed by atoms with Crippen LogP contribution >= 0.6 is 15.9 Å². The maximum absolute atomic E-state index is 12.7. The lowest BCUT2D eigenvalue weighted by molar-refractivity contribution is -0.189. The molecule has 6 heteroatoms. The number of hydrogen-bond acceptors (Lipinski definition) is 1. The molecule has 2 nitrogen and oxygen atoms in total. The Hall–Kier alpha value is -1.04. The number of benzene rings is 1. The minimum Gasteiger partial charge on any atom is -0.331 e. The summed E-state index contributed by atoms with van der Waals surface area (Å²) in [5, 5.41) is 0. The van der Waals surface area contributed by atoms with Gasteiger partial charge in [-0.15, -0.1) is 0 Å². The van der Waals surface area contributed by atoms with Gasteiger partial charge in [0.05, 0.1) is 0 Å². The Morgan fingerprint density at radius 3 is 2.80 bits per heavy atom. The average molecular weight is 348 g/mol. The second-order valence-electron chi connectivity index (χ2n) is 5.36. The highest BCUT2D eigenvalue weighted by Gasteiger charge is 2.49. The number of likely N-dealkylation sites (tertiary alicyclic amines) is 1. The molecular weight excluding hydrogens is 335 g/mol. The first-order valence-electron chi connectivity index (χ1n) is 6.54. The molecule has 1 aliphatic heterocycles. The quantitative estimate of drug-likeness (QED) is 0.701. The van der Waals surface area contributed by atoms with Crippen LogP contribution in [-0.2, 0) is 11.2 Å². The van der Waals surface area contributed by atoms with Gasteiger partial charge in [0, 0.05) is 23.0 Å². The van der Waals surface area contributed by atoms with Crippen molar-refractivity contribution < 1.29 is 18.0 Å². The van der Waals surface area contributed by atoms with Crippen molar-refractivity contribution in [1.82, 2.24) is 4.90 Å². The first kappa shape index (κ1) is 13.9. The van der Waals surface area contributed by atoms with Crippen LogP contribution in [0.1, 0.15) is 29.9 Å². The van der Waals surface area contributed by atoms with E-state index in [1.54, 1.807) is 0 Å². The minimum absolute atomic E-state index is 0.0400. The Morgan fingerprint density at radius 2 is 2.10 bits per heavy atom. The van der Waals surface area contributed by atoms with Gasteiger partial charge in [0.1, 0.15) is 0 Å². The van der Waals surface area contributed by atoms with Crippen LogP contribution in [0.5, 0.6) is 0 Å². The zero-order chi connectivity index (χ0) is 14.5. The number of halogens is 4. The summed E-state index contributed by atoms with van der Waals surface area (Å²) in [5.41, 5.74) is 2.15. The molecule has 1 fully saturated rings. The van der Waals surface area contributed by atoms with Crippen molar-refractivity contribution in [2.45, 2.75) is 37.4 Å². The van der Waals surface area contributed by atoms with E-state index < -0.39 is 12.1 Å². The summed E-state index contributed by atoms with van der Waals surface area (Å²) >= 11 is 3.38. The molecular formula is C14H13BrF3NO. The fourth-order valence-corrected chi connectivity index (χ4v) is 3.83. The summed E-state index contributed by atoms with van der Waals surface area (Å²) in [7, 11) is 0. The molecule has 2 atom stereocenters. The van der Waals surface area contributed by atoms with Crippen LogP contribution in [0.4, 0.5) is 13.2 Å². The van der Waals surface area contributed by atoms with Gasteiger partial charge >= 0.3 is 12.1 Å². The van der Waals surface area contributed by atoms with Crippen molar-refractivity contribution in [2.75, 3.05) is 6.54 Å². The Kier molecular flexibility index (Phi) is 3.31.